The minimum Gasteiger partial charge on any atom is -0.497 e. The van der Waals surface area contributed by atoms with Crippen molar-refractivity contribution in [2.24, 2.45) is 0 Å². The number of rotatable bonds is 4. The Bertz CT molecular complexity index is 1190. The van der Waals surface area contributed by atoms with Crippen molar-refractivity contribution in [2.75, 3.05) is 7.11 Å². The van der Waals surface area contributed by atoms with E-state index in [9.17, 15) is 18.5 Å². The molecule has 0 aliphatic heterocycles. The number of ether oxygens (including phenoxy) is 1. The average molecular weight is 381 g/mol. The summed E-state index contributed by atoms with van der Waals surface area (Å²) in [7, 11) is -2.51. The average Bonchev–Trinajstić information content (AvgIpc) is 2.69. The van der Waals surface area contributed by atoms with Gasteiger partial charge in [-0.2, -0.15) is 15.0 Å². The number of aromatic nitrogens is 2. The predicted molar refractivity (Wildman–Crippen MR) is 97.7 cm³/mol. The monoisotopic (exact) mass is 381 g/mol. The largest absolute Gasteiger partial charge is 0.497 e. The molecule has 0 N–H and O–H groups in total. The highest BCUT2D eigenvalue weighted by Crippen LogP contribution is 2.23. The highest BCUT2D eigenvalue weighted by Gasteiger charge is 2.26. The summed E-state index contributed by atoms with van der Waals surface area (Å²) in [6.07, 6.45) is 0. The zero-order valence-electron chi connectivity index (χ0n) is 14.6. The van der Waals surface area contributed by atoms with E-state index in [-0.39, 0.29) is 21.0 Å². The molecule has 0 spiro atoms. The fourth-order valence-corrected chi connectivity index (χ4v) is 4.01. The highest BCUT2D eigenvalue weighted by molar-refractivity contribution is 7.91. The van der Waals surface area contributed by atoms with Gasteiger partial charge in [-0.05, 0) is 43.3 Å². The number of hydrogen-bond donors (Lipinski definition) is 0. The normalized spacial score (nSPS) is 11.0. The van der Waals surface area contributed by atoms with Crippen LogP contribution in [0.5, 0.6) is 5.75 Å². The van der Waals surface area contributed by atoms with Crippen LogP contribution < -0.4 is 10.3 Å². The van der Waals surface area contributed by atoms with Crippen molar-refractivity contribution < 1.29 is 13.2 Å². The van der Waals surface area contributed by atoms with Crippen LogP contribution in [-0.4, -0.2) is 25.3 Å². The summed E-state index contributed by atoms with van der Waals surface area (Å²) >= 11 is 0. The van der Waals surface area contributed by atoms with Gasteiger partial charge >= 0.3 is 0 Å². The van der Waals surface area contributed by atoms with Crippen LogP contribution >= 0.6 is 0 Å². The number of methoxy groups -OCH3 is 1. The first kappa shape index (κ1) is 18.4. The number of nitrogens with zero attached hydrogens (tertiary/aromatic N) is 3. The Hall–Kier alpha value is -3.44. The first-order chi connectivity index (χ1) is 12.9. The van der Waals surface area contributed by atoms with Crippen LogP contribution in [0.2, 0.25) is 0 Å². The van der Waals surface area contributed by atoms with E-state index in [1.54, 1.807) is 48.5 Å². The molecule has 0 radical (unpaired) electrons. The Morgan fingerprint density at radius 3 is 2.26 bits per heavy atom. The lowest BCUT2D eigenvalue weighted by Crippen LogP contribution is -2.28. The zero-order chi connectivity index (χ0) is 19.6. The van der Waals surface area contributed by atoms with Crippen LogP contribution in [0.1, 0.15) is 11.1 Å². The van der Waals surface area contributed by atoms with Gasteiger partial charge in [0.2, 0.25) is 9.84 Å². The lowest BCUT2D eigenvalue weighted by molar-refractivity contribution is 0.414. The number of hydrogen-bond acceptors (Lipinski definition) is 6. The first-order valence-electron chi connectivity index (χ1n) is 7.88. The highest BCUT2D eigenvalue weighted by atomic mass is 32.2. The van der Waals surface area contributed by atoms with Gasteiger partial charge in [-0.1, -0.05) is 18.2 Å². The molecule has 0 aliphatic carbocycles. The number of sulfone groups is 1. The molecule has 0 amide bonds. The van der Waals surface area contributed by atoms with Crippen molar-refractivity contribution in [3.63, 3.8) is 0 Å². The molecule has 0 bridgehead atoms. The Morgan fingerprint density at radius 2 is 1.70 bits per heavy atom. The third-order valence-corrected chi connectivity index (χ3v) is 5.82. The number of benzene rings is 2. The van der Waals surface area contributed by atoms with Crippen molar-refractivity contribution in [1.29, 1.82) is 5.26 Å². The lowest BCUT2D eigenvalue weighted by atomic mass is 10.2. The molecule has 136 valence electrons. The first-order valence-corrected chi connectivity index (χ1v) is 9.37. The van der Waals surface area contributed by atoms with Crippen LogP contribution in [0.15, 0.2) is 69.3 Å². The van der Waals surface area contributed by atoms with Crippen molar-refractivity contribution in [2.45, 2.75) is 16.8 Å². The Balaban J connectivity index is 2.30. The van der Waals surface area contributed by atoms with E-state index in [1.807, 2.05) is 0 Å². The van der Waals surface area contributed by atoms with Gasteiger partial charge in [0.05, 0.1) is 17.7 Å². The van der Waals surface area contributed by atoms with Crippen molar-refractivity contribution >= 4 is 9.84 Å². The molecule has 1 aromatic heterocycles. The van der Waals surface area contributed by atoms with E-state index in [0.29, 0.717) is 11.4 Å². The molecule has 27 heavy (non-hydrogen) atoms. The SMILES string of the molecule is COc1ccc(-n2nc(S(=O)(=O)c3ccccc3)c(C)c(C#N)c2=O)cc1. The van der Waals surface area contributed by atoms with Crippen LogP contribution in [0.3, 0.4) is 0 Å². The smallest absolute Gasteiger partial charge is 0.289 e. The van der Waals surface area contributed by atoms with Gasteiger partial charge in [0.25, 0.3) is 5.56 Å². The molecular formula is C19H15N3O4S. The molecular weight excluding hydrogens is 366 g/mol. The maximum atomic E-state index is 13.0. The summed E-state index contributed by atoms with van der Waals surface area (Å²) in [5.74, 6) is 0.566. The van der Waals surface area contributed by atoms with Gasteiger partial charge < -0.3 is 4.74 Å². The van der Waals surface area contributed by atoms with E-state index in [2.05, 4.69) is 5.10 Å². The van der Waals surface area contributed by atoms with Gasteiger partial charge in [0.1, 0.15) is 17.4 Å². The molecule has 0 atom stereocenters. The van der Waals surface area contributed by atoms with Crippen molar-refractivity contribution in [1.82, 2.24) is 9.78 Å². The Kier molecular flexibility index (Phi) is 4.79. The van der Waals surface area contributed by atoms with E-state index in [4.69, 9.17) is 4.74 Å². The standard InChI is InChI=1S/C19H15N3O4S/c1-13-17(12-20)19(23)22(14-8-10-15(26-2)11-9-14)21-18(13)27(24,25)16-6-4-3-5-7-16/h3-11H,1-2H3. The van der Waals surface area contributed by atoms with Gasteiger partial charge in [0.15, 0.2) is 5.03 Å². The Morgan fingerprint density at radius 1 is 1.07 bits per heavy atom. The zero-order valence-corrected chi connectivity index (χ0v) is 15.4. The summed E-state index contributed by atoms with van der Waals surface area (Å²) in [5, 5.41) is 13.2. The second kappa shape index (κ2) is 7.05. The van der Waals surface area contributed by atoms with Crippen molar-refractivity contribution in [3.05, 3.63) is 76.1 Å². The topological polar surface area (TPSA) is 102 Å². The second-order valence-corrected chi connectivity index (χ2v) is 7.51. The molecule has 7 nitrogen and oxygen atoms in total. The number of nitriles is 1. The van der Waals surface area contributed by atoms with Gasteiger partial charge in [-0.15, -0.1) is 0 Å². The molecule has 0 saturated carbocycles. The van der Waals surface area contributed by atoms with Gasteiger partial charge in [-0.25, -0.2) is 8.42 Å². The molecule has 0 aliphatic rings. The summed E-state index contributed by atoms with van der Waals surface area (Å²) < 4.78 is 32.0. The molecule has 1 heterocycles. The molecule has 0 unspecified atom stereocenters. The summed E-state index contributed by atoms with van der Waals surface area (Å²) in [6, 6.07) is 15.9. The minimum atomic E-state index is -4.01. The Labute approximate surface area is 156 Å². The maximum Gasteiger partial charge on any atom is 0.289 e. The maximum absolute atomic E-state index is 13.0. The minimum absolute atomic E-state index is 0.0242. The van der Waals surface area contributed by atoms with E-state index < -0.39 is 15.4 Å². The van der Waals surface area contributed by atoms with E-state index in [1.165, 1.54) is 26.2 Å². The van der Waals surface area contributed by atoms with E-state index >= 15 is 0 Å². The van der Waals surface area contributed by atoms with Crippen molar-refractivity contribution in [3.8, 4) is 17.5 Å². The summed E-state index contributed by atoms with van der Waals surface area (Å²) in [4.78, 5) is 12.7. The van der Waals surface area contributed by atoms with Crippen LogP contribution in [0, 0.1) is 18.3 Å². The molecule has 8 heteroatoms. The fraction of sp³-hybridized carbons (Fsp3) is 0.105. The molecule has 0 saturated heterocycles. The summed E-state index contributed by atoms with van der Waals surface area (Å²) in [6.45, 7) is 1.40. The van der Waals surface area contributed by atoms with Gasteiger partial charge in [-0.3, -0.25) is 4.79 Å². The lowest BCUT2D eigenvalue weighted by Gasteiger charge is -2.12. The third-order valence-electron chi connectivity index (χ3n) is 4.03. The summed E-state index contributed by atoms with van der Waals surface area (Å²) in [5.41, 5.74) is -0.611. The molecule has 0 fully saturated rings. The molecule has 3 aromatic rings. The fourth-order valence-electron chi connectivity index (χ4n) is 2.58. The second-order valence-electron chi connectivity index (χ2n) is 5.65. The van der Waals surface area contributed by atoms with E-state index in [0.717, 1.165) is 4.68 Å². The van der Waals surface area contributed by atoms with Gasteiger partial charge in [0, 0.05) is 5.56 Å². The third kappa shape index (κ3) is 3.20. The molecule has 2 aromatic carbocycles. The van der Waals surface area contributed by atoms with Crippen LogP contribution in [0.25, 0.3) is 5.69 Å². The predicted octanol–water partition coefficient (Wildman–Crippen LogP) is 2.25. The molecule has 3 rings (SSSR count). The van der Waals surface area contributed by atoms with Crippen LogP contribution in [0.4, 0.5) is 0 Å². The quantitative estimate of drug-likeness (QED) is 0.687. The van der Waals surface area contributed by atoms with Crippen LogP contribution in [-0.2, 0) is 9.84 Å².